The third-order valence-corrected chi connectivity index (χ3v) is 9.85. The number of rotatable bonds is 0. The van der Waals surface area contributed by atoms with Gasteiger partial charge in [-0.05, 0) is 147 Å². The van der Waals surface area contributed by atoms with Crippen molar-refractivity contribution in [3.05, 3.63) is 139 Å². The molecular formula is C38H40Cl2N4O4S. The molecule has 49 heavy (non-hydrogen) atoms. The molecule has 4 aromatic rings. The maximum Gasteiger partial charge on any atom is 0.394 e. The Morgan fingerprint density at radius 2 is 0.918 bits per heavy atom. The normalized spacial score (nSPS) is 17.1. The number of nitrogens with zero attached hydrogens (tertiary/aromatic N) is 2. The summed E-state index contributed by atoms with van der Waals surface area (Å²) in [7, 11) is -4.67. The van der Waals surface area contributed by atoms with E-state index < -0.39 is 10.4 Å². The minimum Gasteiger partial charge on any atom is -0.316 e. The summed E-state index contributed by atoms with van der Waals surface area (Å²) in [6, 6.07) is 21.2. The topological polar surface area (TPSA) is 124 Å². The number of hydrogen-bond donors (Lipinski definition) is 4. The fourth-order valence-electron chi connectivity index (χ4n) is 7.22. The highest BCUT2D eigenvalue weighted by molar-refractivity contribution is 7.79. The third-order valence-electron chi connectivity index (χ3n) is 9.38. The van der Waals surface area contributed by atoms with E-state index in [0.29, 0.717) is 0 Å². The van der Waals surface area contributed by atoms with E-state index in [1.54, 1.807) is 0 Å². The van der Waals surface area contributed by atoms with Crippen LogP contribution in [-0.2, 0) is 36.1 Å². The second-order valence-corrected chi connectivity index (χ2v) is 14.3. The van der Waals surface area contributed by atoms with Crippen LogP contribution in [-0.4, -0.2) is 53.7 Å². The summed E-state index contributed by atoms with van der Waals surface area (Å²) >= 11 is 12.5. The molecule has 0 saturated carbocycles. The molecule has 2 aliphatic heterocycles. The highest BCUT2D eigenvalue weighted by Crippen LogP contribution is 2.39. The van der Waals surface area contributed by atoms with E-state index in [9.17, 15) is 0 Å². The first kappa shape index (κ1) is 35.4. The Labute approximate surface area is 298 Å². The van der Waals surface area contributed by atoms with Gasteiger partial charge in [-0.25, -0.2) is 0 Å². The van der Waals surface area contributed by atoms with Gasteiger partial charge in [0.1, 0.15) is 0 Å². The molecule has 256 valence electrons. The largest absolute Gasteiger partial charge is 0.394 e. The van der Waals surface area contributed by atoms with Gasteiger partial charge in [0.15, 0.2) is 0 Å². The predicted octanol–water partition coefficient (Wildman–Crippen LogP) is 7.39. The molecule has 4 heterocycles. The summed E-state index contributed by atoms with van der Waals surface area (Å²) in [6.07, 6.45) is 12.4. The molecule has 0 amide bonds. The summed E-state index contributed by atoms with van der Waals surface area (Å²) in [6.45, 7) is 4.24. The van der Waals surface area contributed by atoms with Crippen molar-refractivity contribution in [1.29, 1.82) is 0 Å². The van der Waals surface area contributed by atoms with Crippen LogP contribution in [0.3, 0.4) is 0 Å². The fraction of sp³-hybridized carbons (Fsp3) is 0.316. The number of pyridine rings is 2. The lowest BCUT2D eigenvalue weighted by atomic mass is 9.89. The molecule has 0 bridgehead atoms. The maximum absolute atomic E-state index is 8.74. The molecule has 0 unspecified atom stereocenters. The number of piperidine rings is 2. The van der Waals surface area contributed by atoms with Crippen LogP contribution in [0.15, 0.2) is 84.2 Å². The van der Waals surface area contributed by atoms with E-state index in [-0.39, 0.29) is 0 Å². The molecule has 2 saturated heterocycles. The van der Waals surface area contributed by atoms with Crippen molar-refractivity contribution in [2.45, 2.75) is 51.4 Å². The monoisotopic (exact) mass is 718 g/mol. The van der Waals surface area contributed by atoms with Gasteiger partial charge in [-0.1, -0.05) is 58.6 Å². The summed E-state index contributed by atoms with van der Waals surface area (Å²) in [4.78, 5) is 9.49. The standard InChI is InChI=1S/2C19H19ClN2.H2O4S/c2*20-16-5-6-17-15(12-16)4-3-14-2-1-9-22-19(14)18(17)13-7-10-21-11-8-13;1-5(2,3)4/h2*1-2,5-6,9,12,21H,3-4,7-8,10-11H2;(H2,1,2,3,4). The van der Waals surface area contributed by atoms with Crippen molar-refractivity contribution in [2.75, 3.05) is 26.2 Å². The smallest absolute Gasteiger partial charge is 0.316 e. The first-order valence-corrected chi connectivity index (χ1v) is 18.8. The van der Waals surface area contributed by atoms with E-state index >= 15 is 0 Å². The van der Waals surface area contributed by atoms with Crippen LogP contribution >= 0.6 is 23.2 Å². The molecule has 0 spiro atoms. The van der Waals surface area contributed by atoms with Crippen molar-refractivity contribution < 1.29 is 17.5 Å². The Kier molecular flexibility index (Phi) is 11.6. The molecule has 2 fully saturated rings. The van der Waals surface area contributed by atoms with E-state index in [0.717, 1.165) is 87.6 Å². The Morgan fingerprint density at radius 1 is 0.551 bits per heavy atom. The molecule has 4 aliphatic rings. The van der Waals surface area contributed by atoms with Gasteiger partial charge in [0.05, 0.1) is 11.4 Å². The summed E-state index contributed by atoms with van der Waals surface area (Å²) in [5.41, 5.74) is 16.2. The van der Waals surface area contributed by atoms with Crippen LogP contribution in [0.25, 0.3) is 11.1 Å². The zero-order chi connectivity index (χ0) is 34.4. The molecule has 8 rings (SSSR count). The van der Waals surface area contributed by atoms with Gasteiger partial charge in [-0.2, -0.15) is 8.42 Å². The minimum absolute atomic E-state index is 0.826. The number of nitrogens with one attached hydrogen (secondary N) is 2. The van der Waals surface area contributed by atoms with Gasteiger partial charge in [0.25, 0.3) is 0 Å². The maximum atomic E-state index is 8.74. The van der Waals surface area contributed by atoms with Crippen LogP contribution in [0.4, 0.5) is 0 Å². The van der Waals surface area contributed by atoms with E-state index in [1.807, 2.05) is 36.7 Å². The van der Waals surface area contributed by atoms with Gasteiger partial charge in [0, 0.05) is 33.6 Å². The number of fused-ring (bicyclic) bond motifs is 4. The van der Waals surface area contributed by atoms with E-state index in [2.05, 4.69) is 47.0 Å². The molecule has 2 aliphatic carbocycles. The first-order chi connectivity index (χ1) is 23.7. The van der Waals surface area contributed by atoms with Gasteiger partial charge in [-0.15, -0.1) is 0 Å². The Balaban J connectivity index is 0.000000150. The number of hydrogen-bond acceptors (Lipinski definition) is 6. The van der Waals surface area contributed by atoms with Crippen molar-refractivity contribution in [3.8, 4) is 0 Å². The quantitative estimate of drug-likeness (QED) is 0.139. The molecule has 0 radical (unpaired) electrons. The number of aromatic nitrogens is 2. The molecule has 4 N–H and O–H groups in total. The zero-order valence-corrected chi connectivity index (χ0v) is 29.5. The van der Waals surface area contributed by atoms with Crippen molar-refractivity contribution in [3.63, 3.8) is 0 Å². The average Bonchev–Trinajstić information content (AvgIpc) is 3.36. The summed E-state index contributed by atoms with van der Waals surface area (Å²) in [5.74, 6) is 0. The molecular weight excluding hydrogens is 679 g/mol. The molecule has 8 nitrogen and oxygen atoms in total. The lowest BCUT2D eigenvalue weighted by Crippen LogP contribution is -2.24. The fourth-order valence-corrected chi connectivity index (χ4v) is 7.61. The molecule has 2 aromatic heterocycles. The Bertz CT molecular complexity index is 1860. The van der Waals surface area contributed by atoms with E-state index in [1.165, 1.54) is 67.1 Å². The molecule has 11 heteroatoms. The summed E-state index contributed by atoms with van der Waals surface area (Å²) < 4.78 is 31.6. The van der Waals surface area contributed by atoms with Gasteiger partial charge in [0.2, 0.25) is 0 Å². The van der Waals surface area contributed by atoms with Crippen molar-refractivity contribution >= 4 is 44.7 Å². The van der Waals surface area contributed by atoms with Crippen LogP contribution < -0.4 is 10.6 Å². The first-order valence-electron chi connectivity index (χ1n) is 16.7. The predicted molar refractivity (Wildman–Crippen MR) is 197 cm³/mol. The third kappa shape index (κ3) is 9.04. The SMILES string of the molecule is Clc1ccc2c(c1)CCc1cccnc1C2=C1CCNCC1.Clc1ccc2c(c1)CCc1cccnc1C2=C1CCNCC1.O=S(=O)(O)O. The van der Waals surface area contributed by atoms with Crippen molar-refractivity contribution in [2.24, 2.45) is 0 Å². The average molecular weight is 720 g/mol. The molecule has 2 aromatic carbocycles. The van der Waals surface area contributed by atoms with Crippen LogP contribution in [0.1, 0.15) is 70.5 Å². The number of benzene rings is 2. The van der Waals surface area contributed by atoms with E-state index in [4.69, 9.17) is 50.7 Å². The second-order valence-electron chi connectivity index (χ2n) is 12.5. The zero-order valence-electron chi connectivity index (χ0n) is 27.2. The minimum atomic E-state index is -4.67. The van der Waals surface area contributed by atoms with Crippen molar-refractivity contribution in [1.82, 2.24) is 20.6 Å². The number of aryl methyl sites for hydroxylation is 4. The number of halogens is 2. The molecule has 0 atom stereocenters. The van der Waals surface area contributed by atoms with Crippen LogP contribution in [0.5, 0.6) is 0 Å². The van der Waals surface area contributed by atoms with Gasteiger partial charge < -0.3 is 10.6 Å². The highest BCUT2D eigenvalue weighted by Gasteiger charge is 2.25. The Hall–Kier alpha value is -3.41. The van der Waals surface area contributed by atoms with Crippen LogP contribution in [0.2, 0.25) is 10.0 Å². The summed E-state index contributed by atoms with van der Waals surface area (Å²) in [5, 5.41) is 8.55. The Morgan fingerprint density at radius 3 is 1.31 bits per heavy atom. The highest BCUT2D eigenvalue weighted by atomic mass is 35.5. The lowest BCUT2D eigenvalue weighted by molar-refractivity contribution is 0.381. The van der Waals surface area contributed by atoms with Gasteiger partial charge >= 0.3 is 10.4 Å². The van der Waals surface area contributed by atoms with Crippen LogP contribution in [0, 0.1) is 0 Å². The lowest BCUT2D eigenvalue weighted by Gasteiger charge is -2.21. The second kappa shape index (κ2) is 16.1. The van der Waals surface area contributed by atoms with Gasteiger partial charge in [-0.3, -0.25) is 19.1 Å².